The fraction of sp³-hybridized carbons (Fsp3) is 0.889. The number of esters is 1. The summed E-state index contributed by atoms with van der Waals surface area (Å²) in [6, 6.07) is -0.164. The van der Waals surface area contributed by atoms with E-state index in [1.807, 2.05) is 6.26 Å². The third-order valence-corrected chi connectivity index (χ3v) is 2.26. The lowest BCUT2D eigenvalue weighted by Gasteiger charge is -2.16. The van der Waals surface area contributed by atoms with Crippen LogP contribution in [0.15, 0.2) is 0 Å². The number of nitrogens with one attached hydrogen (secondary N) is 1. The summed E-state index contributed by atoms with van der Waals surface area (Å²) in [6.45, 7) is 5.07. The number of hydrogen-bond donors (Lipinski definition) is 1. The van der Waals surface area contributed by atoms with E-state index in [0.29, 0.717) is 5.92 Å². The minimum Gasteiger partial charge on any atom is -0.468 e. The number of hydrogen-bond acceptors (Lipinski definition) is 4. The molecular formula is C9H19NO2S. The molecule has 78 valence electrons. The average Bonchev–Trinajstić information content (AvgIpc) is 2.10. The van der Waals surface area contributed by atoms with Gasteiger partial charge in [-0.15, -0.1) is 0 Å². The first kappa shape index (κ1) is 12.8. The largest absolute Gasteiger partial charge is 0.468 e. The zero-order chi connectivity index (χ0) is 10.3. The highest BCUT2D eigenvalue weighted by Crippen LogP contribution is 2.00. The fourth-order valence-electron chi connectivity index (χ4n) is 0.897. The number of rotatable bonds is 6. The van der Waals surface area contributed by atoms with E-state index in [-0.39, 0.29) is 12.0 Å². The first-order valence-electron chi connectivity index (χ1n) is 4.42. The molecule has 0 amide bonds. The van der Waals surface area contributed by atoms with Crippen molar-refractivity contribution in [2.45, 2.75) is 19.9 Å². The minimum atomic E-state index is -0.171. The van der Waals surface area contributed by atoms with Crippen LogP contribution in [0, 0.1) is 5.92 Å². The Kier molecular flexibility index (Phi) is 7.09. The molecule has 0 spiro atoms. The average molecular weight is 205 g/mol. The Labute approximate surface area is 84.6 Å². The van der Waals surface area contributed by atoms with Gasteiger partial charge in [0.25, 0.3) is 0 Å². The quantitative estimate of drug-likeness (QED) is 0.660. The molecule has 0 heterocycles. The van der Waals surface area contributed by atoms with Crippen LogP contribution >= 0.6 is 11.8 Å². The molecule has 0 rings (SSSR count). The van der Waals surface area contributed by atoms with E-state index in [1.54, 1.807) is 11.8 Å². The Morgan fingerprint density at radius 3 is 2.54 bits per heavy atom. The molecule has 1 N–H and O–H groups in total. The number of carbonyl (C=O) groups excluding carboxylic acids is 1. The molecule has 13 heavy (non-hydrogen) atoms. The highest BCUT2D eigenvalue weighted by molar-refractivity contribution is 7.98. The second-order valence-corrected chi connectivity index (χ2v) is 4.24. The van der Waals surface area contributed by atoms with E-state index < -0.39 is 0 Å². The normalized spacial score (nSPS) is 13.0. The van der Waals surface area contributed by atoms with E-state index in [4.69, 9.17) is 0 Å². The maximum Gasteiger partial charge on any atom is 0.323 e. The Balaban J connectivity index is 3.86. The Bertz CT molecular complexity index is 151. The van der Waals surface area contributed by atoms with E-state index >= 15 is 0 Å². The summed E-state index contributed by atoms with van der Waals surface area (Å²) in [7, 11) is 1.42. The molecule has 3 nitrogen and oxygen atoms in total. The molecule has 0 bridgehead atoms. The number of methoxy groups -OCH3 is 1. The van der Waals surface area contributed by atoms with Gasteiger partial charge in [-0.25, -0.2) is 0 Å². The van der Waals surface area contributed by atoms with Gasteiger partial charge in [0.15, 0.2) is 0 Å². The predicted octanol–water partition coefficient (Wildman–Crippen LogP) is 1.14. The van der Waals surface area contributed by atoms with Crippen LogP contribution in [0.5, 0.6) is 0 Å². The van der Waals surface area contributed by atoms with Crippen molar-refractivity contribution in [1.29, 1.82) is 0 Å². The van der Waals surface area contributed by atoms with Gasteiger partial charge in [0.1, 0.15) is 6.04 Å². The fourth-order valence-corrected chi connectivity index (χ4v) is 1.48. The lowest BCUT2D eigenvalue weighted by molar-refractivity contribution is -0.142. The molecule has 1 atom stereocenters. The van der Waals surface area contributed by atoms with Gasteiger partial charge in [-0.3, -0.25) is 4.79 Å². The second-order valence-electron chi connectivity index (χ2n) is 3.33. The van der Waals surface area contributed by atoms with Gasteiger partial charge in [0, 0.05) is 5.75 Å². The Hall–Kier alpha value is -0.220. The highest BCUT2D eigenvalue weighted by atomic mass is 32.2. The van der Waals surface area contributed by atoms with E-state index in [2.05, 4.69) is 23.9 Å². The topological polar surface area (TPSA) is 38.3 Å². The van der Waals surface area contributed by atoms with Crippen molar-refractivity contribution in [2.75, 3.05) is 25.7 Å². The van der Waals surface area contributed by atoms with Gasteiger partial charge < -0.3 is 10.1 Å². The maximum atomic E-state index is 11.2. The lowest BCUT2D eigenvalue weighted by Crippen LogP contribution is -2.41. The van der Waals surface area contributed by atoms with Crippen LogP contribution in [0.2, 0.25) is 0 Å². The number of ether oxygens (including phenoxy) is 1. The van der Waals surface area contributed by atoms with Gasteiger partial charge in [0.05, 0.1) is 7.11 Å². The van der Waals surface area contributed by atoms with Crippen LogP contribution in [0.4, 0.5) is 0 Å². The third-order valence-electron chi connectivity index (χ3n) is 1.59. The van der Waals surface area contributed by atoms with Crippen LogP contribution in [0.1, 0.15) is 13.8 Å². The summed E-state index contributed by atoms with van der Waals surface area (Å²) >= 11 is 1.64. The van der Waals surface area contributed by atoms with Crippen molar-refractivity contribution < 1.29 is 9.53 Å². The molecule has 0 aromatic rings. The molecule has 0 saturated carbocycles. The molecule has 0 aliphatic heterocycles. The van der Waals surface area contributed by atoms with E-state index in [9.17, 15) is 4.79 Å². The van der Waals surface area contributed by atoms with Crippen LogP contribution in [-0.2, 0) is 9.53 Å². The summed E-state index contributed by atoms with van der Waals surface area (Å²) in [4.78, 5) is 11.2. The van der Waals surface area contributed by atoms with Crippen molar-refractivity contribution >= 4 is 17.7 Å². The second kappa shape index (κ2) is 7.21. The van der Waals surface area contributed by atoms with E-state index in [1.165, 1.54) is 7.11 Å². The van der Waals surface area contributed by atoms with Crippen LogP contribution < -0.4 is 5.32 Å². The summed E-state index contributed by atoms with van der Waals surface area (Å²) in [5, 5.41) is 3.18. The van der Waals surface area contributed by atoms with Gasteiger partial charge in [0.2, 0.25) is 0 Å². The molecule has 0 aliphatic rings. The molecule has 0 aliphatic carbocycles. The molecule has 1 unspecified atom stereocenters. The van der Waals surface area contributed by atoms with Crippen molar-refractivity contribution in [3.63, 3.8) is 0 Å². The van der Waals surface area contributed by atoms with Crippen molar-refractivity contribution in [3.8, 4) is 0 Å². The molecule has 0 fully saturated rings. The maximum absolute atomic E-state index is 11.2. The Morgan fingerprint density at radius 2 is 2.15 bits per heavy atom. The number of carbonyl (C=O) groups is 1. The van der Waals surface area contributed by atoms with E-state index in [0.717, 1.165) is 12.3 Å². The van der Waals surface area contributed by atoms with Crippen LogP contribution in [0.3, 0.4) is 0 Å². The standard InChI is InChI=1S/C9H19NO2S/c1-7(2)5-10-8(6-13-4)9(11)12-3/h7-8,10H,5-6H2,1-4H3. The Morgan fingerprint density at radius 1 is 1.54 bits per heavy atom. The summed E-state index contributed by atoms with van der Waals surface area (Å²) in [5.74, 6) is 1.14. The molecule has 0 radical (unpaired) electrons. The van der Waals surface area contributed by atoms with Crippen LogP contribution in [0.25, 0.3) is 0 Å². The lowest BCUT2D eigenvalue weighted by atomic mass is 10.2. The van der Waals surface area contributed by atoms with Crippen molar-refractivity contribution in [2.24, 2.45) is 5.92 Å². The molecular weight excluding hydrogens is 186 g/mol. The monoisotopic (exact) mass is 205 g/mol. The third kappa shape index (κ3) is 5.93. The predicted molar refractivity (Wildman–Crippen MR) is 57.0 cm³/mol. The molecule has 0 aromatic heterocycles. The number of thioether (sulfide) groups is 1. The molecule has 0 saturated heterocycles. The van der Waals surface area contributed by atoms with Gasteiger partial charge in [-0.2, -0.15) is 11.8 Å². The molecule has 0 aromatic carbocycles. The van der Waals surface area contributed by atoms with Crippen molar-refractivity contribution in [1.82, 2.24) is 5.32 Å². The minimum absolute atomic E-state index is 0.164. The van der Waals surface area contributed by atoms with Gasteiger partial charge >= 0.3 is 5.97 Å². The van der Waals surface area contributed by atoms with Gasteiger partial charge in [-0.1, -0.05) is 13.8 Å². The summed E-state index contributed by atoms with van der Waals surface area (Å²) in [5.41, 5.74) is 0. The zero-order valence-corrected chi connectivity index (χ0v) is 9.61. The smallest absolute Gasteiger partial charge is 0.323 e. The zero-order valence-electron chi connectivity index (χ0n) is 8.79. The highest BCUT2D eigenvalue weighted by Gasteiger charge is 2.17. The van der Waals surface area contributed by atoms with Crippen molar-refractivity contribution in [3.05, 3.63) is 0 Å². The SMILES string of the molecule is COC(=O)C(CSC)NCC(C)C. The summed E-state index contributed by atoms with van der Waals surface area (Å²) in [6.07, 6.45) is 1.98. The van der Waals surface area contributed by atoms with Crippen LogP contribution in [-0.4, -0.2) is 37.7 Å². The van der Waals surface area contributed by atoms with Gasteiger partial charge in [-0.05, 0) is 18.7 Å². The summed E-state index contributed by atoms with van der Waals surface area (Å²) < 4.78 is 4.68. The first-order valence-corrected chi connectivity index (χ1v) is 5.81. The first-order chi connectivity index (χ1) is 6.11. The molecule has 4 heteroatoms.